The second-order valence-corrected chi connectivity index (χ2v) is 6.81. The van der Waals surface area contributed by atoms with Crippen LogP contribution < -0.4 is 10.1 Å². The van der Waals surface area contributed by atoms with Crippen LogP contribution in [0.2, 0.25) is 0 Å². The van der Waals surface area contributed by atoms with Crippen LogP contribution in [0, 0.1) is 11.3 Å². The molecule has 0 aliphatic rings. The molecule has 0 saturated heterocycles. The van der Waals surface area contributed by atoms with Gasteiger partial charge in [0.05, 0.1) is 18.4 Å². The fraction of sp³-hybridized carbons (Fsp3) is 0.556. The van der Waals surface area contributed by atoms with E-state index in [0.29, 0.717) is 25.5 Å². The number of amides is 1. The number of nitrogens with one attached hydrogen (secondary N) is 1. The molecule has 0 saturated carbocycles. The van der Waals surface area contributed by atoms with Crippen LogP contribution in [0.15, 0.2) is 24.3 Å². The predicted molar refractivity (Wildman–Crippen MR) is 89.5 cm³/mol. The molecular weight excluding hydrogens is 294 g/mol. The van der Waals surface area contributed by atoms with Crippen molar-refractivity contribution in [2.24, 2.45) is 11.3 Å². The molecule has 0 spiro atoms. The summed E-state index contributed by atoms with van der Waals surface area (Å²) >= 11 is 0. The van der Waals surface area contributed by atoms with Gasteiger partial charge in [-0.15, -0.1) is 0 Å². The van der Waals surface area contributed by atoms with Gasteiger partial charge in [-0.2, -0.15) is 0 Å². The summed E-state index contributed by atoms with van der Waals surface area (Å²) in [4.78, 5) is 22.9. The third-order valence-corrected chi connectivity index (χ3v) is 3.52. The fourth-order valence-corrected chi connectivity index (χ4v) is 1.84. The largest absolute Gasteiger partial charge is 0.493 e. The van der Waals surface area contributed by atoms with Crippen molar-refractivity contribution in [3.8, 4) is 5.75 Å². The number of carbonyl (C=O) groups is 2. The second-order valence-electron chi connectivity index (χ2n) is 6.81. The zero-order chi connectivity index (χ0) is 17.5. The Kier molecular flexibility index (Phi) is 7.07. The van der Waals surface area contributed by atoms with Gasteiger partial charge in [0.1, 0.15) is 5.75 Å². The molecule has 128 valence electrons. The number of carboxylic acids is 1. The highest BCUT2D eigenvalue weighted by molar-refractivity contribution is 5.78. The van der Waals surface area contributed by atoms with Crippen LogP contribution in [0.25, 0.3) is 0 Å². The van der Waals surface area contributed by atoms with Crippen molar-refractivity contribution in [2.75, 3.05) is 13.2 Å². The lowest BCUT2D eigenvalue weighted by Gasteiger charge is -2.18. The predicted octanol–water partition coefficient (Wildman–Crippen LogP) is 2.88. The summed E-state index contributed by atoms with van der Waals surface area (Å²) in [6.45, 7) is 8.50. The van der Waals surface area contributed by atoms with Crippen molar-refractivity contribution >= 4 is 11.9 Å². The molecule has 1 aromatic carbocycles. The van der Waals surface area contributed by atoms with Crippen molar-refractivity contribution in [1.29, 1.82) is 0 Å². The Balaban J connectivity index is 2.38. The van der Waals surface area contributed by atoms with Crippen molar-refractivity contribution in [3.05, 3.63) is 29.8 Å². The van der Waals surface area contributed by atoms with Gasteiger partial charge < -0.3 is 15.2 Å². The first-order valence-corrected chi connectivity index (χ1v) is 7.92. The Hall–Kier alpha value is -2.04. The second kappa shape index (κ2) is 8.56. The molecule has 0 fully saturated rings. The van der Waals surface area contributed by atoms with Crippen molar-refractivity contribution in [1.82, 2.24) is 5.32 Å². The van der Waals surface area contributed by atoms with E-state index in [0.717, 1.165) is 11.3 Å². The molecule has 0 bridgehead atoms. The lowest BCUT2D eigenvalue weighted by Crippen LogP contribution is -2.32. The first kappa shape index (κ1) is 19.0. The number of carbonyl (C=O) groups excluding carboxylic acids is 1. The van der Waals surface area contributed by atoms with Gasteiger partial charge in [-0.1, -0.05) is 26.0 Å². The Morgan fingerprint density at radius 1 is 1.22 bits per heavy atom. The van der Waals surface area contributed by atoms with E-state index in [9.17, 15) is 9.59 Å². The fourth-order valence-electron chi connectivity index (χ4n) is 1.84. The van der Waals surface area contributed by atoms with Crippen molar-refractivity contribution < 1.29 is 19.4 Å². The number of rotatable bonds is 9. The first-order valence-electron chi connectivity index (χ1n) is 7.92. The van der Waals surface area contributed by atoms with Crippen LogP contribution in [0.3, 0.4) is 0 Å². The minimum atomic E-state index is -0.858. The lowest BCUT2D eigenvalue weighted by atomic mass is 9.90. The quantitative estimate of drug-likeness (QED) is 0.733. The summed E-state index contributed by atoms with van der Waals surface area (Å²) in [5.41, 5.74) is 0.0692. The van der Waals surface area contributed by atoms with E-state index in [1.54, 1.807) is 13.8 Å². The maximum Gasteiger partial charge on any atom is 0.309 e. The number of hydrogen-bond donors (Lipinski definition) is 2. The molecule has 0 unspecified atom stereocenters. The van der Waals surface area contributed by atoms with Gasteiger partial charge in [0.2, 0.25) is 5.91 Å². The van der Waals surface area contributed by atoms with Crippen LogP contribution in [-0.2, 0) is 16.0 Å². The van der Waals surface area contributed by atoms with Crippen molar-refractivity contribution in [3.63, 3.8) is 0 Å². The molecular formula is C18H27NO4. The van der Waals surface area contributed by atoms with E-state index < -0.39 is 11.4 Å². The van der Waals surface area contributed by atoms with E-state index in [4.69, 9.17) is 9.84 Å². The summed E-state index contributed by atoms with van der Waals surface area (Å²) in [6, 6.07) is 7.46. The van der Waals surface area contributed by atoms with Crippen molar-refractivity contribution in [2.45, 2.75) is 40.5 Å². The number of carboxylic acid groups (broad SMARTS) is 1. The zero-order valence-electron chi connectivity index (χ0n) is 14.4. The summed E-state index contributed by atoms with van der Waals surface area (Å²) in [5.74, 6) is 0.298. The van der Waals surface area contributed by atoms with Gasteiger partial charge in [0.25, 0.3) is 0 Å². The summed E-state index contributed by atoms with van der Waals surface area (Å²) < 4.78 is 5.60. The summed E-state index contributed by atoms with van der Waals surface area (Å²) in [7, 11) is 0. The molecule has 0 radical (unpaired) electrons. The highest BCUT2D eigenvalue weighted by Gasteiger charge is 2.26. The van der Waals surface area contributed by atoms with Gasteiger partial charge >= 0.3 is 5.97 Å². The van der Waals surface area contributed by atoms with Crippen LogP contribution >= 0.6 is 0 Å². The Morgan fingerprint density at radius 3 is 2.35 bits per heavy atom. The number of aliphatic carboxylic acids is 1. The van der Waals surface area contributed by atoms with Gasteiger partial charge in [0.15, 0.2) is 0 Å². The summed E-state index contributed by atoms with van der Waals surface area (Å²) in [6.07, 6.45) is 0.675. The Bertz CT molecular complexity index is 520. The Morgan fingerprint density at radius 2 is 1.83 bits per heavy atom. The molecule has 0 atom stereocenters. The first-order chi connectivity index (χ1) is 10.7. The number of benzene rings is 1. The van der Waals surface area contributed by atoms with Crippen LogP contribution in [0.5, 0.6) is 5.75 Å². The van der Waals surface area contributed by atoms with Gasteiger partial charge in [-0.05, 0) is 43.9 Å². The molecule has 0 heterocycles. The van der Waals surface area contributed by atoms with Crippen LogP contribution in [0.1, 0.15) is 39.7 Å². The molecule has 23 heavy (non-hydrogen) atoms. The van der Waals surface area contributed by atoms with Gasteiger partial charge in [0, 0.05) is 6.54 Å². The SMILES string of the molecule is CC(C)COc1ccc(CC(=O)NCCC(C)(C)C(=O)O)cc1. The molecule has 0 aliphatic heterocycles. The normalized spacial score (nSPS) is 11.3. The third kappa shape index (κ3) is 7.17. The third-order valence-electron chi connectivity index (χ3n) is 3.52. The maximum atomic E-state index is 11.9. The molecule has 5 heteroatoms. The molecule has 5 nitrogen and oxygen atoms in total. The van der Waals surface area contributed by atoms with Gasteiger partial charge in [-0.3, -0.25) is 9.59 Å². The van der Waals surface area contributed by atoms with E-state index in [-0.39, 0.29) is 12.3 Å². The van der Waals surface area contributed by atoms with E-state index >= 15 is 0 Å². The van der Waals surface area contributed by atoms with Crippen LogP contribution in [-0.4, -0.2) is 30.1 Å². The van der Waals surface area contributed by atoms with E-state index in [2.05, 4.69) is 19.2 Å². The Labute approximate surface area is 138 Å². The highest BCUT2D eigenvalue weighted by Crippen LogP contribution is 2.19. The van der Waals surface area contributed by atoms with E-state index in [1.165, 1.54) is 0 Å². The molecule has 2 N–H and O–H groups in total. The minimum Gasteiger partial charge on any atom is -0.493 e. The van der Waals surface area contributed by atoms with E-state index in [1.807, 2.05) is 24.3 Å². The average Bonchev–Trinajstić information content (AvgIpc) is 2.46. The zero-order valence-corrected chi connectivity index (χ0v) is 14.4. The van der Waals surface area contributed by atoms with Gasteiger partial charge in [-0.25, -0.2) is 0 Å². The van der Waals surface area contributed by atoms with Crippen LogP contribution in [0.4, 0.5) is 0 Å². The molecule has 1 aromatic rings. The average molecular weight is 321 g/mol. The maximum absolute atomic E-state index is 11.9. The molecule has 1 rings (SSSR count). The monoisotopic (exact) mass is 321 g/mol. The minimum absolute atomic E-state index is 0.109. The lowest BCUT2D eigenvalue weighted by molar-refractivity contribution is -0.147. The number of ether oxygens (including phenoxy) is 1. The molecule has 0 aliphatic carbocycles. The highest BCUT2D eigenvalue weighted by atomic mass is 16.5. The standard InChI is InChI=1S/C18H27NO4/c1-13(2)12-23-15-7-5-14(6-8-15)11-16(20)19-10-9-18(3,4)17(21)22/h5-8,13H,9-12H2,1-4H3,(H,19,20)(H,21,22). The topological polar surface area (TPSA) is 75.6 Å². The smallest absolute Gasteiger partial charge is 0.309 e. The molecule has 1 amide bonds. The summed E-state index contributed by atoms with van der Waals surface area (Å²) in [5, 5.41) is 11.8. The molecule has 0 aromatic heterocycles. The number of hydrogen-bond acceptors (Lipinski definition) is 3.